The summed E-state index contributed by atoms with van der Waals surface area (Å²) in [7, 11) is 0. The van der Waals surface area contributed by atoms with Gasteiger partial charge in [0.2, 0.25) is 11.7 Å². The molecule has 2 aliphatic heterocycles. The van der Waals surface area contributed by atoms with Gasteiger partial charge in [0.25, 0.3) is 0 Å². The van der Waals surface area contributed by atoms with Crippen molar-refractivity contribution in [1.29, 1.82) is 0 Å². The Balaban J connectivity index is 1.76. The maximum absolute atomic E-state index is 6.24. The lowest BCUT2D eigenvalue weighted by Crippen LogP contribution is -2.50. The molecule has 3 heterocycles. The molecule has 0 saturated carbocycles. The Bertz CT molecular complexity index is 506. The third-order valence-electron chi connectivity index (χ3n) is 5.26. The highest BCUT2D eigenvalue weighted by Crippen LogP contribution is 2.34. The number of fused-ring (bicyclic) bond motifs is 1. The minimum absolute atomic E-state index is 0.0893. The minimum atomic E-state index is -0.440. The monoisotopic (exact) mass is 294 g/mol. The molecule has 118 valence electrons. The third kappa shape index (κ3) is 2.60. The molecule has 0 bridgehead atoms. The molecule has 1 aromatic rings. The fourth-order valence-corrected chi connectivity index (χ4v) is 2.87. The van der Waals surface area contributed by atoms with Crippen molar-refractivity contribution >= 4 is 0 Å². The molecule has 6 heteroatoms. The van der Waals surface area contributed by atoms with Gasteiger partial charge in [0.05, 0.1) is 12.0 Å². The third-order valence-corrected chi connectivity index (χ3v) is 5.26. The van der Waals surface area contributed by atoms with E-state index in [0.29, 0.717) is 17.8 Å². The van der Waals surface area contributed by atoms with Gasteiger partial charge < -0.3 is 15.0 Å². The Hall–Kier alpha value is -0.980. The van der Waals surface area contributed by atoms with Crippen LogP contribution in [0.5, 0.6) is 0 Å². The van der Waals surface area contributed by atoms with E-state index in [0.717, 1.165) is 19.7 Å². The second-order valence-electron chi connectivity index (χ2n) is 7.42. The molecule has 2 N–H and O–H groups in total. The minimum Gasteiger partial charge on any atom is -0.367 e. The van der Waals surface area contributed by atoms with Gasteiger partial charge >= 0.3 is 0 Å². The lowest BCUT2D eigenvalue weighted by atomic mass is 9.75. The Labute approximate surface area is 126 Å². The summed E-state index contributed by atoms with van der Waals surface area (Å²) in [5.41, 5.74) is 5.41. The van der Waals surface area contributed by atoms with E-state index in [1.165, 1.54) is 12.8 Å². The van der Waals surface area contributed by atoms with Crippen molar-refractivity contribution in [3.05, 3.63) is 11.7 Å². The molecule has 2 saturated heterocycles. The number of nitrogens with zero attached hydrogens (tertiary/aromatic N) is 3. The number of rotatable bonds is 3. The molecule has 0 radical (unpaired) electrons. The second kappa shape index (κ2) is 5.04. The summed E-state index contributed by atoms with van der Waals surface area (Å²) in [6.45, 7) is 10.8. The van der Waals surface area contributed by atoms with Crippen LogP contribution in [0.25, 0.3) is 0 Å². The van der Waals surface area contributed by atoms with Crippen LogP contribution in [0.15, 0.2) is 4.52 Å². The second-order valence-corrected chi connectivity index (χ2v) is 7.42. The number of nitrogens with two attached hydrogens (primary N) is 1. The van der Waals surface area contributed by atoms with Crippen molar-refractivity contribution in [1.82, 2.24) is 15.0 Å². The first-order chi connectivity index (χ1) is 9.79. The molecule has 2 fully saturated rings. The van der Waals surface area contributed by atoms with Crippen LogP contribution in [0.1, 0.15) is 58.4 Å². The summed E-state index contributed by atoms with van der Waals surface area (Å²) in [5, 5.41) is 4.14. The van der Waals surface area contributed by atoms with E-state index >= 15 is 0 Å². The fourth-order valence-electron chi connectivity index (χ4n) is 2.87. The lowest BCUT2D eigenvalue weighted by Gasteiger charge is -2.35. The summed E-state index contributed by atoms with van der Waals surface area (Å²) in [6, 6.07) is 0.576. The van der Waals surface area contributed by atoms with Crippen LogP contribution >= 0.6 is 0 Å². The molecule has 0 spiro atoms. The number of aromatic nitrogens is 2. The first-order valence-corrected chi connectivity index (χ1v) is 7.77. The van der Waals surface area contributed by atoms with E-state index in [4.69, 9.17) is 15.0 Å². The van der Waals surface area contributed by atoms with Crippen molar-refractivity contribution < 1.29 is 9.26 Å². The zero-order chi connectivity index (χ0) is 15.3. The van der Waals surface area contributed by atoms with Crippen LogP contribution in [0.4, 0.5) is 0 Å². The average Bonchev–Trinajstić information content (AvgIpc) is 3.05. The lowest BCUT2D eigenvalue weighted by molar-refractivity contribution is -0.0548. The van der Waals surface area contributed by atoms with Crippen molar-refractivity contribution in [2.24, 2.45) is 5.73 Å². The van der Waals surface area contributed by atoms with Gasteiger partial charge in [0, 0.05) is 18.1 Å². The first kappa shape index (κ1) is 14.9. The van der Waals surface area contributed by atoms with Gasteiger partial charge in [-0.15, -0.1) is 0 Å². The van der Waals surface area contributed by atoms with Gasteiger partial charge in [-0.25, -0.2) is 0 Å². The highest BCUT2D eigenvalue weighted by atomic mass is 16.5. The van der Waals surface area contributed by atoms with Gasteiger partial charge in [-0.05, 0) is 47.1 Å². The topological polar surface area (TPSA) is 77.4 Å². The highest BCUT2D eigenvalue weighted by Gasteiger charge is 2.41. The van der Waals surface area contributed by atoms with Gasteiger partial charge in [-0.2, -0.15) is 4.98 Å². The molecule has 2 unspecified atom stereocenters. The molecule has 2 aliphatic rings. The van der Waals surface area contributed by atoms with Gasteiger partial charge in [0.1, 0.15) is 6.10 Å². The maximum Gasteiger partial charge on any atom is 0.234 e. The van der Waals surface area contributed by atoms with Crippen molar-refractivity contribution in [2.75, 3.05) is 19.7 Å². The Morgan fingerprint density at radius 1 is 1.29 bits per heavy atom. The molecule has 6 nitrogen and oxygen atoms in total. The molecule has 0 amide bonds. The van der Waals surface area contributed by atoms with Crippen LogP contribution in [-0.2, 0) is 10.2 Å². The van der Waals surface area contributed by atoms with Crippen LogP contribution in [-0.4, -0.2) is 46.3 Å². The van der Waals surface area contributed by atoms with Gasteiger partial charge in [0.15, 0.2) is 0 Å². The van der Waals surface area contributed by atoms with Crippen LogP contribution in [0, 0.1) is 0 Å². The molecule has 2 atom stereocenters. The Kier molecular flexibility index (Phi) is 3.58. The number of hydrogen-bond donors (Lipinski definition) is 1. The average molecular weight is 294 g/mol. The van der Waals surface area contributed by atoms with Gasteiger partial charge in [-0.3, -0.25) is 4.90 Å². The summed E-state index contributed by atoms with van der Waals surface area (Å²) < 4.78 is 11.4. The SMILES string of the molecule is CC(C)(N)C(C)(C)c1nc(C2CN3CCCC3CO2)no1. The summed E-state index contributed by atoms with van der Waals surface area (Å²) in [4.78, 5) is 7.05. The fraction of sp³-hybridized carbons (Fsp3) is 0.867. The molecular formula is C15H26N4O2. The maximum atomic E-state index is 6.24. The first-order valence-electron chi connectivity index (χ1n) is 7.77. The predicted octanol–water partition coefficient (Wildman–Crippen LogP) is 1.62. The van der Waals surface area contributed by atoms with Gasteiger partial charge in [-0.1, -0.05) is 5.16 Å². The number of hydrogen-bond acceptors (Lipinski definition) is 6. The summed E-state index contributed by atoms with van der Waals surface area (Å²) >= 11 is 0. The number of morpholine rings is 1. The van der Waals surface area contributed by atoms with E-state index < -0.39 is 5.54 Å². The van der Waals surface area contributed by atoms with E-state index in [9.17, 15) is 0 Å². The van der Waals surface area contributed by atoms with Crippen molar-refractivity contribution in [3.63, 3.8) is 0 Å². The molecule has 21 heavy (non-hydrogen) atoms. The van der Waals surface area contributed by atoms with Crippen molar-refractivity contribution in [2.45, 2.75) is 63.6 Å². The quantitative estimate of drug-likeness (QED) is 0.913. The molecule has 3 rings (SSSR count). The zero-order valence-electron chi connectivity index (χ0n) is 13.4. The molecule has 1 aromatic heterocycles. The highest BCUT2D eigenvalue weighted by molar-refractivity contribution is 5.11. The summed E-state index contributed by atoms with van der Waals surface area (Å²) in [5.74, 6) is 1.23. The van der Waals surface area contributed by atoms with E-state index in [1.54, 1.807) is 0 Å². The largest absolute Gasteiger partial charge is 0.367 e. The van der Waals surface area contributed by atoms with Crippen LogP contribution < -0.4 is 5.73 Å². The van der Waals surface area contributed by atoms with E-state index in [2.05, 4.69) is 15.0 Å². The molecule has 0 aromatic carbocycles. The summed E-state index contributed by atoms with van der Waals surface area (Å²) in [6.07, 6.45) is 2.40. The van der Waals surface area contributed by atoms with Crippen LogP contribution in [0.3, 0.4) is 0 Å². The zero-order valence-corrected chi connectivity index (χ0v) is 13.4. The predicted molar refractivity (Wildman–Crippen MR) is 78.9 cm³/mol. The van der Waals surface area contributed by atoms with Crippen molar-refractivity contribution in [3.8, 4) is 0 Å². The molecular weight excluding hydrogens is 268 g/mol. The van der Waals surface area contributed by atoms with Crippen LogP contribution in [0.2, 0.25) is 0 Å². The Morgan fingerprint density at radius 2 is 2.05 bits per heavy atom. The Morgan fingerprint density at radius 3 is 2.76 bits per heavy atom. The van der Waals surface area contributed by atoms with E-state index in [-0.39, 0.29) is 11.5 Å². The number of ether oxygens (including phenoxy) is 1. The standard InChI is InChI=1S/C15H26N4O2/c1-14(2,15(3,4)16)13-17-12(18-21-13)11-8-19-7-5-6-10(19)9-20-11/h10-11H,5-9,16H2,1-4H3. The normalized spacial score (nSPS) is 27.9. The van der Waals surface area contributed by atoms with E-state index in [1.807, 2.05) is 27.7 Å². The smallest absolute Gasteiger partial charge is 0.234 e. The molecule has 0 aliphatic carbocycles.